The first-order valence-electron chi connectivity index (χ1n) is 7.54. The number of rotatable bonds is 4. The summed E-state index contributed by atoms with van der Waals surface area (Å²) in [5.74, 6) is 3.37. The number of morpholine rings is 1. The lowest BCUT2D eigenvalue weighted by Crippen LogP contribution is -2.60. The maximum Gasteiger partial charge on any atom is 0.191 e. The lowest BCUT2D eigenvalue weighted by atomic mass is 9.95. The molecule has 1 atom stereocenters. The standard InChI is InChI=1S/C14H28N4OS.HI/c1-12(2)17-13(15-3)16-10-14(4-9-20-11-14)18-5-7-19-8-6-18;/h12H,4-11H2,1-3H3,(H2,15,16,17);1H. The average molecular weight is 428 g/mol. The maximum absolute atomic E-state index is 5.50. The van der Waals surface area contributed by atoms with Crippen LogP contribution >= 0.6 is 35.7 Å². The van der Waals surface area contributed by atoms with Crippen molar-refractivity contribution in [3.63, 3.8) is 0 Å². The highest BCUT2D eigenvalue weighted by Gasteiger charge is 2.40. The normalized spacial score (nSPS) is 27.5. The van der Waals surface area contributed by atoms with Gasteiger partial charge in [-0.1, -0.05) is 0 Å². The lowest BCUT2D eigenvalue weighted by molar-refractivity contribution is -0.0120. The van der Waals surface area contributed by atoms with Crippen molar-refractivity contribution in [3.05, 3.63) is 0 Å². The molecule has 0 aromatic rings. The molecule has 0 radical (unpaired) electrons. The van der Waals surface area contributed by atoms with Crippen LogP contribution in [0.2, 0.25) is 0 Å². The molecule has 2 heterocycles. The van der Waals surface area contributed by atoms with E-state index in [4.69, 9.17) is 4.74 Å². The van der Waals surface area contributed by atoms with Crippen LogP contribution in [0.5, 0.6) is 0 Å². The third kappa shape index (κ3) is 5.44. The molecule has 2 aliphatic heterocycles. The summed E-state index contributed by atoms with van der Waals surface area (Å²) in [4.78, 5) is 6.93. The Bertz CT molecular complexity index is 329. The second kappa shape index (κ2) is 9.42. The number of halogens is 1. The number of thioether (sulfide) groups is 1. The van der Waals surface area contributed by atoms with E-state index in [-0.39, 0.29) is 29.5 Å². The largest absolute Gasteiger partial charge is 0.379 e. The van der Waals surface area contributed by atoms with Crippen LogP contribution in [0.15, 0.2) is 4.99 Å². The minimum Gasteiger partial charge on any atom is -0.379 e. The molecule has 2 aliphatic rings. The van der Waals surface area contributed by atoms with Gasteiger partial charge in [-0.05, 0) is 26.0 Å². The van der Waals surface area contributed by atoms with Gasteiger partial charge in [0.05, 0.1) is 13.2 Å². The summed E-state index contributed by atoms with van der Waals surface area (Å²) >= 11 is 2.07. The van der Waals surface area contributed by atoms with Crippen LogP contribution in [0.25, 0.3) is 0 Å². The molecule has 0 bridgehead atoms. The van der Waals surface area contributed by atoms with Gasteiger partial charge in [-0.15, -0.1) is 24.0 Å². The second-order valence-corrected chi connectivity index (χ2v) is 6.96. The smallest absolute Gasteiger partial charge is 0.191 e. The summed E-state index contributed by atoms with van der Waals surface area (Å²) in [6.07, 6.45) is 1.25. The molecule has 5 nitrogen and oxygen atoms in total. The Labute approximate surface area is 150 Å². The van der Waals surface area contributed by atoms with Crippen molar-refractivity contribution in [1.82, 2.24) is 15.5 Å². The molecule has 0 spiro atoms. The number of aliphatic imine (C=N–C) groups is 1. The van der Waals surface area contributed by atoms with Gasteiger partial charge in [0, 0.05) is 44.0 Å². The van der Waals surface area contributed by atoms with Crippen LogP contribution < -0.4 is 10.6 Å². The molecule has 2 rings (SSSR count). The fourth-order valence-electron chi connectivity index (χ4n) is 2.85. The summed E-state index contributed by atoms with van der Waals surface area (Å²) in [6, 6.07) is 0.401. The zero-order valence-corrected chi connectivity index (χ0v) is 16.5. The quantitative estimate of drug-likeness (QED) is 0.403. The molecule has 2 N–H and O–H groups in total. The fraction of sp³-hybridized carbons (Fsp3) is 0.929. The first kappa shape index (κ1) is 19.3. The second-order valence-electron chi connectivity index (χ2n) is 5.85. The third-order valence-electron chi connectivity index (χ3n) is 4.00. The minimum atomic E-state index is 0. The van der Waals surface area contributed by atoms with E-state index in [1.54, 1.807) is 0 Å². The van der Waals surface area contributed by atoms with E-state index in [1.165, 1.54) is 17.9 Å². The van der Waals surface area contributed by atoms with Crippen LogP contribution in [0.4, 0.5) is 0 Å². The Balaban J connectivity index is 0.00000220. The summed E-state index contributed by atoms with van der Waals surface area (Å²) in [6.45, 7) is 9.08. The summed E-state index contributed by atoms with van der Waals surface area (Å²) in [5.41, 5.74) is 0.267. The monoisotopic (exact) mass is 428 g/mol. The van der Waals surface area contributed by atoms with E-state index in [9.17, 15) is 0 Å². The van der Waals surface area contributed by atoms with E-state index < -0.39 is 0 Å². The van der Waals surface area contributed by atoms with Gasteiger partial charge >= 0.3 is 0 Å². The average Bonchev–Trinajstić information content (AvgIpc) is 2.94. The number of hydrogen-bond acceptors (Lipinski definition) is 4. The highest BCUT2D eigenvalue weighted by molar-refractivity contribution is 14.0. The van der Waals surface area contributed by atoms with Crippen LogP contribution in [-0.2, 0) is 4.74 Å². The van der Waals surface area contributed by atoms with Crippen LogP contribution in [-0.4, -0.2) is 73.8 Å². The summed E-state index contributed by atoms with van der Waals surface area (Å²) < 4.78 is 5.50. The highest BCUT2D eigenvalue weighted by Crippen LogP contribution is 2.33. The number of ether oxygens (including phenoxy) is 1. The van der Waals surface area contributed by atoms with Gasteiger partial charge in [0.2, 0.25) is 0 Å². The van der Waals surface area contributed by atoms with Crippen LogP contribution in [0.3, 0.4) is 0 Å². The molecule has 21 heavy (non-hydrogen) atoms. The van der Waals surface area contributed by atoms with E-state index in [0.717, 1.165) is 38.8 Å². The van der Waals surface area contributed by atoms with E-state index in [0.29, 0.717) is 6.04 Å². The van der Waals surface area contributed by atoms with Crippen molar-refractivity contribution in [3.8, 4) is 0 Å². The minimum absolute atomic E-state index is 0. The molecule has 0 saturated carbocycles. The first-order valence-corrected chi connectivity index (χ1v) is 8.69. The molecule has 0 aliphatic carbocycles. The Kier molecular flexibility index (Phi) is 8.66. The fourth-order valence-corrected chi connectivity index (χ4v) is 4.33. The van der Waals surface area contributed by atoms with Crippen molar-refractivity contribution < 1.29 is 4.74 Å². The van der Waals surface area contributed by atoms with E-state index >= 15 is 0 Å². The number of nitrogens with zero attached hydrogens (tertiary/aromatic N) is 2. The molecule has 2 saturated heterocycles. The van der Waals surface area contributed by atoms with Crippen molar-refractivity contribution >= 4 is 41.7 Å². The predicted molar refractivity (Wildman–Crippen MR) is 102 cm³/mol. The Morgan fingerprint density at radius 3 is 2.62 bits per heavy atom. The van der Waals surface area contributed by atoms with Crippen LogP contribution in [0.1, 0.15) is 20.3 Å². The Morgan fingerprint density at radius 1 is 1.38 bits per heavy atom. The summed E-state index contributed by atoms with van der Waals surface area (Å²) in [5, 5.41) is 6.89. The van der Waals surface area contributed by atoms with E-state index in [2.05, 4.69) is 46.1 Å². The van der Waals surface area contributed by atoms with Gasteiger partial charge in [0.15, 0.2) is 5.96 Å². The van der Waals surface area contributed by atoms with Crippen molar-refractivity contribution in [2.45, 2.75) is 31.8 Å². The van der Waals surface area contributed by atoms with Gasteiger partial charge in [-0.25, -0.2) is 0 Å². The van der Waals surface area contributed by atoms with E-state index in [1.807, 2.05) is 7.05 Å². The maximum atomic E-state index is 5.50. The highest BCUT2D eigenvalue weighted by atomic mass is 127. The van der Waals surface area contributed by atoms with Gasteiger partial charge in [-0.2, -0.15) is 11.8 Å². The topological polar surface area (TPSA) is 48.9 Å². The van der Waals surface area contributed by atoms with Crippen LogP contribution in [0, 0.1) is 0 Å². The molecule has 0 amide bonds. The van der Waals surface area contributed by atoms with Gasteiger partial charge in [-0.3, -0.25) is 9.89 Å². The Hall–Kier alpha value is 0.270. The lowest BCUT2D eigenvalue weighted by Gasteiger charge is -2.43. The molecule has 0 aromatic carbocycles. The number of guanidine groups is 1. The zero-order chi connectivity index (χ0) is 14.4. The van der Waals surface area contributed by atoms with Gasteiger partial charge in [0.1, 0.15) is 0 Å². The molecular formula is C14H29IN4OS. The molecule has 7 heteroatoms. The molecule has 124 valence electrons. The molecule has 0 aromatic heterocycles. The number of nitrogens with one attached hydrogen (secondary N) is 2. The molecule has 2 fully saturated rings. The summed E-state index contributed by atoms with van der Waals surface area (Å²) in [7, 11) is 1.84. The van der Waals surface area contributed by atoms with Crippen molar-refractivity contribution in [1.29, 1.82) is 0 Å². The van der Waals surface area contributed by atoms with Crippen molar-refractivity contribution in [2.24, 2.45) is 4.99 Å². The Morgan fingerprint density at radius 2 is 2.10 bits per heavy atom. The predicted octanol–water partition coefficient (Wildman–Crippen LogP) is 1.39. The number of hydrogen-bond donors (Lipinski definition) is 2. The zero-order valence-electron chi connectivity index (χ0n) is 13.4. The molecule has 1 unspecified atom stereocenters. The van der Waals surface area contributed by atoms with Gasteiger partial charge in [0.25, 0.3) is 0 Å². The SMILES string of the molecule is CN=C(NCC1(N2CCOCC2)CCSC1)NC(C)C.I. The van der Waals surface area contributed by atoms with Crippen molar-refractivity contribution in [2.75, 3.05) is 51.4 Å². The third-order valence-corrected chi connectivity index (χ3v) is 5.23. The van der Waals surface area contributed by atoms with Gasteiger partial charge < -0.3 is 15.4 Å². The molecular weight excluding hydrogens is 399 g/mol. The first-order chi connectivity index (χ1) is 9.66.